The zero-order valence-corrected chi connectivity index (χ0v) is 10.3. The van der Waals surface area contributed by atoms with Crippen molar-refractivity contribution in [1.82, 2.24) is 0 Å². The van der Waals surface area contributed by atoms with Crippen LogP contribution in [0.15, 0.2) is 24.3 Å². The van der Waals surface area contributed by atoms with Crippen LogP contribution in [0.3, 0.4) is 0 Å². The minimum absolute atomic E-state index is 0.0532. The molecule has 0 aromatic heterocycles. The lowest BCUT2D eigenvalue weighted by molar-refractivity contribution is -0.134. The molecule has 0 aliphatic carbocycles. The van der Waals surface area contributed by atoms with Gasteiger partial charge in [0.2, 0.25) is 0 Å². The van der Waals surface area contributed by atoms with E-state index in [0.717, 1.165) is 5.69 Å². The maximum absolute atomic E-state index is 12.2. The zero-order chi connectivity index (χ0) is 13.0. The van der Waals surface area contributed by atoms with Gasteiger partial charge in [-0.05, 0) is 12.1 Å². The normalized spacial score (nSPS) is 20.0. The van der Waals surface area contributed by atoms with Crippen molar-refractivity contribution in [3.63, 3.8) is 0 Å². The van der Waals surface area contributed by atoms with Gasteiger partial charge in [-0.3, -0.25) is 4.79 Å². The summed E-state index contributed by atoms with van der Waals surface area (Å²) in [5, 5.41) is 8.90. The summed E-state index contributed by atoms with van der Waals surface area (Å²) in [6, 6.07) is 7.36. The third-order valence-corrected chi connectivity index (χ3v) is 2.93. The molecule has 5 heteroatoms. The molecule has 0 saturated carbocycles. The summed E-state index contributed by atoms with van der Waals surface area (Å²) in [6.45, 7) is 0.948. The molecule has 1 fully saturated rings. The Morgan fingerprint density at radius 2 is 2.39 bits per heavy atom. The lowest BCUT2D eigenvalue weighted by atomic mass is 10.1. The summed E-state index contributed by atoms with van der Waals surface area (Å²) in [5.41, 5.74) is 0.797. The van der Waals surface area contributed by atoms with E-state index in [1.165, 1.54) is 0 Å². The van der Waals surface area contributed by atoms with Crippen LogP contribution in [-0.4, -0.2) is 44.0 Å². The molecule has 0 spiro atoms. The van der Waals surface area contributed by atoms with Crippen molar-refractivity contribution in [1.29, 1.82) is 0 Å². The van der Waals surface area contributed by atoms with Crippen LogP contribution in [0.1, 0.15) is 6.42 Å². The summed E-state index contributed by atoms with van der Waals surface area (Å²) >= 11 is 0. The molecule has 0 radical (unpaired) electrons. The average molecular weight is 251 g/mol. The van der Waals surface area contributed by atoms with Gasteiger partial charge in [0.15, 0.2) is 0 Å². The topological polar surface area (TPSA) is 59.0 Å². The Morgan fingerprint density at radius 3 is 3.11 bits per heavy atom. The van der Waals surface area contributed by atoms with E-state index < -0.39 is 6.10 Å². The van der Waals surface area contributed by atoms with E-state index in [0.29, 0.717) is 25.3 Å². The van der Waals surface area contributed by atoms with Gasteiger partial charge < -0.3 is 19.5 Å². The number of hydrogen-bond acceptors (Lipinski definition) is 4. The first kappa shape index (κ1) is 12.9. The van der Waals surface area contributed by atoms with Crippen LogP contribution in [0.25, 0.3) is 0 Å². The van der Waals surface area contributed by atoms with E-state index in [4.69, 9.17) is 14.6 Å². The molecule has 2 rings (SSSR count). The molecule has 1 N–H and O–H groups in total. The molecule has 0 bridgehead atoms. The maximum atomic E-state index is 12.2. The molecule has 1 aliphatic heterocycles. The SMILES string of the molecule is COc1cccc(N2CCOC(CCO)C2=O)c1. The van der Waals surface area contributed by atoms with Gasteiger partial charge >= 0.3 is 0 Å². The minimum atomic E-state index is -0.546. The van der Waals surface area contributed by atoms with Gasteiger partial charge in [-0.2, -0.15) is 0 Å². The van der Waals surface area contributed by atoms with Crippen molar-refractivity contribution in [2.24, 2.45) is 0 Å². The number of morpholine rings is 1. The van der Waals surface area contributed by atoms with Crippen LogP contribution in [0.2, 0.25) is 0 Å². The molecule has 18 heavy (non-hydrogen) atoms. The molecule has 1 atom stereocenters. The van der Waals surface area contributed by atoms with Crippen LogP contribution < -0.4 is 9.64 Å². The van der Waals surface area contributed by atoms with E-state index in [1.807, 2.05) is 24.3 Å². The van der Waals surface area contributed by atoms with Gasteiger partial charge in [0.05, 0.1) is 13.7 Å². The fourth-order valence-electron chi connectivity index (χ4n) is 2.00. The van der Waals surface area contributed by atoms with Gasteiger partial charge in [0.25, 0.3) is 5.91 Å². The number of aliphatic hydroxyl groups excluding tert-OH is 1. The average Bonchev–Trinajstić information content (AvgIpc) is 2.41. The highest BCUT2D eigenvalue weighted by Crippen LogP contribution is 2.24. The van der Waals surface area contributed by atoms with Crippen molar-refractivity contribution < 1.29 is 19.4 Å². The second-order valence-electron chi connectivity index (χ2n) is 4.06. The fraction of sp³-hybridized carbons (Fsp3) is 0.462. The molecule has 98 valence electrons. The third-order valence-electron chi connectivity index (χ3n) is 2.93. The number of anilines is 1. The summed E-state index contributed by atoms with van der Waals surface area (Å²) in [4.78, 5) is 13.8. The Morgan fingerprint density at radius 1 is 1.56 bits per heavy atom. The molecular formula is C13H17NO4. The number of methoxy groups -OCH3 is 1. The predicted molar refractivity (Wildman–Crippen MR) is 66.8 cm³/mol. The highest BCUT2D eigenvalue weighted by Gasteiger charge is 2.30. The predicted octanol–water partition coefficient (Wildman–Crippen LogP) is 0.809. The van der Waals surface area contributed by atoms with Crippen molar-refractivity contribution in [2.45, 2.75) is 12.5 Å². The van der Waals surface area contributed by atoms with Crippen LogP contribution in [0.4, 0.5) is 5.69 Å². The molecule has 1 heterocycles. The molecule has 1 aromatic rings. The smallest absolute Gasteiger partial charge is 0.256 e. The van der Waals surface area contributed by atoms with E-state index in [2.05, 4.69) is 0 Å². The van der Waals surface area contributed by atoms with Gasteiger partial charge in [-0.15, -0.1) is 0 Å². The van der Waals surface area contributed by atoms with Crippen molar-refractivity contribution in [2.75, 3.05) is 31.8 Å². The van der Waals surface area contributed by atoms with E-state index in [9.17, 15) is 4.79 Å². The van der Waals surface area contributed by atoms with E-state index in [1.54, 1.807) is 12.0 Å². The summed E-state index contributed by atoms with van der Waals surface area (Å²) in [6.07, 6.45) is -0.214. The third kappa shape index (κ3) is 2.63. The minimum Gasteiger partial charge on any atom is -0.497 e. The first-order valence-corrected chi connectivity index (χ1v) is 5.94. The molecule has 1 aliphatic rings. The number of hydrogen-bond donors (Lipinski definition) is 1. The second kappa shape index (κ2) is 5.84. The van der Waals surface area contributed by atoms with Gasteiger partial charge in [0, 0.05) is 31.3 Å². The Kier molecular flexibility index (Phi) is 4.17. The van der Waals surface area contributed by atoms with Crippen LogP contribution >= 0.6 is 0 Å². The largest absolute Gasteiger partial charge is 0.497 e. The van der Waals surface area contributed by atoms with Crippen molar-refractivity contribution in [3.8, 4) is 5.75 Å². The molecule has 1 aromatic carbocycles. The highest BCUT2D eigenvalue weighted by atomic mass is 16.5. The van der Waals surface area contributed by atoms with Crippen LogP contribution in [0, 0.1) is 0 Å². The number of ether oxygens (including phenoxy) is 2. The molecule has 5 nitrogen and oxygen atoms in total. The second-order valence-corrected chi connectivity index (χ2v) is 4.06. The van der Waals surface area contributed by atoms with Gasteiger partial charge in [0.1, 0.15) is 11.9 Å². The van der Waals surface area contributed by atoms with Crippen molar-refractivity contribution in [3.05, 3.63) is 24.3 Å². The summed E-state index contributed by atoms with van der Waals surface area (Å²) in [5.74, 6) is 0.606. The number of carbonyl (C=O) groups excluding carboxylic acids is 1. The summed E-state index contributed by atoms with van der Waals surface area (Å²) < 4.78 is 10.5. The highest BCUT2D eigenvalue weighted by molar-refractivity contribution is 5.97. The lowest BCUT2D eigenvalue weighted by Gasteiger charge is -2.32. The number of rotatable bonds is 4. The number of carbonyl (C=O) groups is 1. The molecule has 1 amide bonds. The van der Waals surface area contributed by atoms with Crippen molar-refractivity contribution >= 4 is 11.6 Å². The Balaban J connectivity index is 2.18. The number of aliphatic hydroxyl groups is 1. The quantitative estimate of drug-likeness (QED) is 0.860. The number of amides is 1. The monoisotopic (exact) mass is 251 g/mol. The lowest BCUT2D eigenvalue weighted by Crippen LogP contribution is -2.48. The first-order valence-electron chi connectivity index (χ1n) is 5.94. The van der Waals surface area contributed by atoms with Gasteiger partial charge in [-0.25, -0.2) is 0 Å². The molecular weight excluding hydrogens is 234 g/mol. The van der Waals surface area contributed by atoms with Crippen LogP contribution in [-0.2, 0) is 9.53 Å². The van der Waals surface area contributed by atoms with Gasteiger partial charge in [-0.1, -0.05) is 6.07 Å². The standard InChI is InChI=1S/C13H17NO4/c1-17-11-4-2-3-10(9-11)14-6-8-18-12(5-7-15)13(14)16/h2-4,9,12,15H,5-8H2,1H3. The summed E-state index contributed by atoms with van der Waals surface area (Å²) in [7, 11) is 1.59. The first-order chi connectivity index (χ1) is 8.76. The van der Waals surface area contributed by atoms with E-state index in [-0.39, 0.29) is 12.5 Å². The number of nitrogens with zero attached hydrogens (tertiary/aromatic N) is 1. The number of benzene rings is 1. The Hall–Kier alpha value is -1.59. The maximum Gasteiger partial charge on any atom is 0.256 e. The Labute approximate surface area is 106 Å². The van der Waals surface area contributed by atoms with Crippen LogP contribution in [0.5, 0.6) is 5.75 Å². The zero-order valence-electron chi connectivity index (χ0n) is 10.3. The molecule has 1 saturated heterocycles. The molecule has 1 unspecified atom stereocenters. The fourth-order valence-corrected chi connectivity index (χ4v) is 2.00. The van der Waals surface area contributed by atoms with E-state index >= 15 is 0 Å². The Bertz CT molecular complexity index is 419.